The van der Waals surface area contributed by atoms with Crippen LogP contribution in [0.3, 0.4) is 0 Å². The van der Waals surface area contributed by atoms with Crippen molar-refractivity contribution in [1.82, 2.24) is 15.5 Å². The molecule has 0 fully saturated rings. The number of aromatic amines is 1. The number of benzene rings is 1. The summed E-state index contributed by atoms with van der Waals surface area (Å²) in [6, 6.07) is 11.1. The lowest BCUT2D eigenvalue weighted by molar-refractivity contribution is -0.121. The number of H-pyrrole nitrogens is 1. The topological polar surface area (TPSA) is 88.0 Å². The summed E-state index contributed by atoms with van der Waals surface area (Å²) in [4.78, 5) is 27.7. The standard InChI is InChI=1S/C20H21N3O3/c1-13-3-4-14(2)17(11-13)20(15-7-9-21-10-8-15)22-18(24)6-5-16-12-19(25)23-26-16/h3-4,7-12,20H,5-6H2,1-2H3,(H,22,24)(H,23,25). The average molecular weight is 351 g/mol. The van der Waals surface area contributed by atoms with Crippen molar-refractivity contribution < 1.29 is 9.32 Å². The van der Waals surface area contributed by atoms with E-state index in [0.29, 0.717) is 12.2 Å². The molecule has 0 spiro atoms. The maximum Gasteiger partial charge on any atom is 0.280 e. The molecule has 0 saturated heterocycles. The van der Waals surface area contributed by atoms with Gasteiger partial charge in [0.05, 0.1) is 6.04 Å². The van der Waals surface area contributed by atoms with E-state index in [1.807, 2.05) is 26.0 Å². The predicted molar refractivity (Wildman–Crippen MR) is 97.8 cm³/mol. The highest BCUT2D eigenvalue weighted by Gasteiger charge is 2.19. The number of aromatic nitrogens is 2. The molecule has 2 N–H and O–H groups in total. The molecule has 1 amide bonds. The Bertz CT molecular complexity index is 944. The Morgan fingerprint density at radius 1 is 1.19 bits per heavy atom. The molecule has 0 bridgehead atoms. The van der Waals surface area contributed by atoms with Gasteiger partial charge in [0.25, 0.3) is 5.56 Å². The van der Waals surface area contributed by atoms with Gasteiger partial charge in [0.15, 0.2) is 0 Å². The number of carbonyl (C=O) groups excluding carboxylic acids is 1. The van der Waals surface area contributed by atoms with Crippen LogP contribution in [0.2, 0.25) is 0 Å². The van der Waals surface area contributed by atoms with Gasteiger partial charge in [-0.2, -0.15) is 5.16 Å². The van der Waals surface area contributed by atoms with Crippen LogP contribution < -0.4 is 10.9 Å². The van der Waals surface area contributed by atoms with Crippen molar-refractivity contribution in [3.63, 3.8) is 0 Å². The summed E-state index contributed by atoms with van der Waals surface area (Å²) in [7, 11) is 0. The first kappa shape index (κ1) is 17.7. The Morgan fingerprint density at radius 2 is 1.96 bits per heavy atom. The molecule has 2 heterocycles. The molecule has 3 aromatic rings. The minimum Gasteiger partial charge on any atom is -0.384 e. The molecule has 2 aromatic heterocycles. The maximum atomic E-state index is 12.5. The van der Waals surface area contributed by atoms with Gasteiger partial charge in [-0.15, -0.1) is 0 Å². The van der Waals surface area contributed by atoms with Crippen molar-refractivity contribution >= 4 is 5.91 Å². The molecule has 0 aliphatic rings. The van der Waals surface area contributed by atoms with E-state index < -0.39 is 0 Å². The van der Waals surface area contributed by atoms with Gasteiger partial charge < -0.3 is 9.84 Å². The third-order valence-electron chi connectivity index (χ3n) is 4.26. The van der Waals surface area contributed by atoms with Crippen LogP contribution in [0.5, 0.6) is 0 Å². The number of hydrogen-bond donors (Lipinski definition) is 2. The second kappa shape index (κ2) is 7.82. The van der Waals surface area contributed by atoms with E-state index in [2.05, 4.69) is 33.7 Å². The number of aryl methyl sites for hydroxylation is 3. The summed E-state index contributed by atoms with van der Waals surface area (Å²) in [6.07, 6.45) is 4.02. The van der Waals surface area contributed by atoms with Crippen molar-refractivity contribution in [1.29, 1.82) is 0 Å². The van der Waals surface area contributed by atoms with Crippen molar-refractivity contribution in [2.24, 2.45) is 0 Å². The zero-order valence-electron chi connectivity index (χ0n) is 14.8. The fourth-order valence-corrected chi connectivity index (χ4v) is 2.88. The quantitative estimate of drug-likeness (QED) is 0.715. The van der Waals surface area contributed by atoms with E-state index in [9.17, 15) is 9.59 Å². The van der Waals surface area contributed by atoms with E-state index in [4.69, 9.17) is 4.52 Å². The normalized spacial score (nSPS) is 11.9. The third-order valence-corrected chi connectivity index (χ3v) is 4.26. The van der Waals surface area contributed by atoms with Gasteiger partial charge in [-0.05, 0) is 42.7 Å². The van der Waals surface area contributed by atoms with E-state index >= 15 is 0 Å². The summed E-state index contributed by atoms with van der Waals surface area (Å²) in [5.74, 6) is 0.355. The van der Waals surface area contributed by atoms with Crippen LogP contribution in [0.25, 0.3) is 0 Å². The van der Waals surface area contributed by atoms with Crippen LogP contribution >= 0.6 is 0 Å². The van der Waals surface area contributed by atoms with Gasteiger partial charge in [0.1, 0.15) is 5.76 Å². The van der Waals surface area contributed by atoms with Crippen LogP contribution in [-0.4, -0.2) is 16.0 Å². The number of nitrogens with zero attached hydrogens (tertiary/aromatic N) is 1. The Hall–Kier alpha value is -3.15. The van der Waals surface area contributed by atoms with Gasteiger partial charge >= 0.3 is 0 Å². The molecule has 1 aromatic carbocycles. The third kappa shape index (κ3) is 4.27. The summed E-state index contributed by atoms with van der Waals surface area (Å²) in [6.45, 7) is 4.06. The highest BCUT2D eigenvalue weighted by molar-refractivity contribution is 5.77. The number of pyridine rings is 1. The lowest BCUT2D eigenvalue weighted by atomic mass is 9.94. The van der Waals surface area contributed by atoms with Crippen LogP contribution in [0.4, 0.5) is 0 Å². The summed E-state index contributed by atoms with van der Waals surface area (Å²) >= 11 is 0. The lowest BCUT2D eigenvalue weighted by Gasteiger charge is -2.22. The van der Waals surface area contributed by atoms with Gasteiger partial charge in [0.2, 0.25) is 5.91 Å². The molecule has 0 saturated carbocycles. The molecule has 0 aliphatic heterocycles. The summed E-state index contributed by atoms with van der Waals surface area (Å²) < 4.78 is 5.00. The molecule has 1 unspecified atom stereocenters. The second-order valence-corrected chi connectivity index (χ2v) is 6.32. The summed E-state index contributed by atoms with van der Waals surface area (Å²) in [5.41, 5.74) is 3.96. The molecular weight excluding hydrogens is 330 g/mol. The fourth-order valence-electron chi connectivity index (χ4n) is 2.88. The Balaban J connectivity index is 1.80. The minimum absolute atomic E-state index is 0.114. The smallest absolute Gasteiger partial charge is 0.280 e. The molecule has 6 heteroatoms. The first-order chi connectivity index (χ1) is 12.5. The van der Waals surface area contributed by atoms with Crippen molar-refractivity contribution in [2.75, 3.05) is 0 Å². The first-order valence-electron chi connectivity index (χ1n) is 8.47. The largest absolute Gasteiger partial charge is 0.384 e. The van der Waals surface area contributed by atoms with Crippen molar-refractivity contribution in [3.05, 3.63) is 87.2 Å². The molecule has 3 rings (SSSR count). The number of carbonyl (C=O) groups is 1. The monoisotopic (exact) mass is 351 g/mol. The molecule has 134 valence electrons. The fraction of sp³-hybridized carbons (Fsp3) is 0.250. The molecule has 26 heavy (non-hydrogen) atoms. The number of amides is 1. The van der Waals surface area contributed by atoms with Crippen LogP contribution in [0, 0.1) is 13.8 Å². The van der Waals surface area contributed by atoms with Crippen molar-refractivity contribution in [2.45, 2.75) is 32.7 Å². The molecule has 0 aliphatic carbocycles. The maximum absolute atomic E-state index is 12.5. The Labute approximate surface area is 151 Å². The van der Waals surface area contributed by atoms with Gasteiger partial charge in [0, 0.05) is 31.3 Å². The first-order valence-corrected chi connectivity index (χ1v) is 8.47. The van der Waals surface area contributed by atoms with Crippen LogP contribution in [-0.2, 0) is 11.2 Å². The van der Waals surface area contributed by atoms with Gasteiger partial charge in [-0.3, -0.25) is 14.6 Å². The Morgan fingerprint density at radius 3 is 2.65 bits per heavy atom. The average Bonchev–Trinajstić information content (AvgIpc) is 3.06. The van der Waals surface area contributed by atoms with Crippen LogP contribution in [0.15, 0.2) is 58.1 Å². The zero-order chi connectivity index (χ0) is 18.5. The van der Waals surface area contributed by atoms with E-state index in [1.54, 1.807) is 12.4 Å². The van der Waals surface area contributed by atoms with Crippen LogP contribution in [0.1, 0.15) is 40.5 Å². The predicted octanol–water partition coefficient (Wildman–Crippen LogP) is 2.82. The van der Waals surface area contributed by atoms with E-state index in [-0.39, 0.29) is 23.9 Å². The molecule has 1 atom stereocenters. The van der Waals surface area contributed by atoms with E-state index in [0.717, 1.165) is 22.3 Å². The minimum atomic E-state index is -0.301. The van der Waals surface area contributed by atoms with E-state index in [1.165, 1.54) is 6.07 Å². The number of hydrogen-bond acceptors (Lipinski definition) is 4. The highest BCUT2D eigenvalue weighted by atomic mass is 16.5. The van der Waals surface area contributed by atoms with Gasteiger partial charge in [-0.25, -0.2) is 0 Å². The second-order valence-electron chi connectivity index (χ2n) is 6.32. The lowest BCUT2D eigenvalue weighted by Crippen LogP contribution is -2.30. The number of rotatable bonds is 6. The molecule has 6 nitrogen and oxygen atoms in total. The zero-order valence-corrected chi connectivity index (χ0v) is 14.8. The molecular formula is C20H21N3O3. The molecule has 0 radical (unpaired) electrons. The number of nitrogens with one attached hydrogen (secondary N) is 2. The Kier molecular flexibility index (Phi) is 5.31. The van der Waals surface area contributed by atoms with Crippen molar-refractivity contribution in [3.8, 4) is 0 Å². The van der Waals surface area contributed by atoms with Gasteiger partial charge in [-0.1, -0.05) is 23.8 Å². The highest BCUT2D eigenvalue weighted by Crippen LogP contribution is 2.25. The summed E-state index contributed by atoms with van der Waals surface area (Å²) in [5, 5.41) is 5.33. The SMILES string of the molecule is Cc1ccc(C)c(C(NC(=O)CCc2cc(=O)[nH]o2)c2ccncc2)c1.